The van der Waals surface area contributed by atoms with E-state index in [4.69, 9.17) is 20.9 Å². The van der Waals surface area contributed by atoms with Gasteiger partial charge in [-0.15, -0.1) is 0 Å². The van der Waals surface area contributed by atoms with Crippen LogP contribution in [0.2, 0.25) is 0 Å². The third-order valence-corrected chi connectivity index (χ3v) is 11.8. The highest BCUT2D eigenvalue weighted by molar-refractivity contribution is 4.84. The first-order chi connectivity index (χ1) is 25.7. The Labute approximate surface area is 335 Å². The Bertz CT molecular complexity index is 863. The molecule has 7 N–H and O–H groups in total. The van der Waals surface area contributed by atoms with Crippen LogP contribution in [0.15, 0.2) is 0 Å². The van der Waals surface area contributed by atoms with Crippen LogP contribution in [-0.4, -0.2) is 175 Å². The van der Waals surface area contributed by atoms with E-state index in [1.807, 2.05) is 7.05 Å². The Morgan fingerprint density at radius 1 is 0.722 bits per heavy atom. The second-order valence-electron chi connectivity index (χ2n) is 18.9. The van der Waals surface area contributed by atoms with E-state index in [9.17, 15) is 0 Å². The fourth-order valence-electron chi connectivity index (χ4n) is 8.24. The Morgan fingerprint density at radius 3 is 1.85 bits per heavy atom. The normalized spacial score (nSPS) is 20.1. The van der Waals surface area contributed by atoms with Crippen LogP contribution in [0.5, 0.6) is 0 Å². The van der Waals surface area contributed by atoms with Gasteiger partial charge in [-0.05, 0) is 90.8 Å². The molecule has 2 aliphatic rings. The number of hydrogen-bond donors (Lipinski definition) is 5. The molecule has 5 atom stereocenters. The molecule has 0 spiro atoms. The van der Waals surface area contributed by atoms with Crippen molar-refractivity contribution in [1.82, 2.24) is 35.6 Å². The van der Waals surface area contributed by atoms with E-state index in [1.165, 1.54) is 25.8 Å². The lowest BCUT2D eigenvalue weighted by atomic mass is 9.78. The number of hydrogen-bond acceptors (Lipinski definition) is 11. The van der Waals surface area contributed by atoms with Gasteiger partial charge >= 0.3 is 0 Å². The van der Waals surface area contributed by atoms with Gasteiger partial charge in [-0.3, -0.25) is 9.80 Å². The molecule has 0 radical (unpaired) electrons. The van der Waals surface area contributed by atoms with Crippen molar-refractivity contribution in [3.63, 3.8) is 0 Å². The summed E-state index contributed by atoms with van der Waals surface area (Å²) in [5.41, 5.74) is 13.6. The Kier molecular flexibility index (Phi) is 25.8. The summed E-state index contributed by atoms with van der Waals surface area (Å²) < 4.78 is 13.5. The second-order valence-corrected chi connectivity index (χ2v) is 18.9. The average molecular weight is 768 g/mol. The van der Waals surface area contributed by atoms with E-state index in [2.05, 4.69) is 90.9 Å². The minimum absolute atomic E-state index is 0.0128. The van der Waals surface area contributed by atoms with Gasteiger partial charge in [0.1, 0.15) is 0 Å². The molecule has 0 bridgehead atoms. The standard InChI is InChI=1S/C43H93N9O2/c1-10-49(24-18-46-9)32-41(45)34-54-36-43(16-11-13-38(4)29-50-25-19-47-20-26-50,17-12-14-40(44)31-51-27-21-48-22-28-51)35-53-33-39(5)30-52(42(6,7)8)23-15-37(2)3/h37-41,46-48H,10-36,44-45H2,1-9H3. The fraction of sp³-hybridized carbons (Fsp3) is 1.00. The molecule has 2 heterocycles. The van der Waals surface area contributed by atoms with Crippen molar-refractivity contribution in [2.24, 2.45) is 34.6 Å². The van der Waals surface area contributed by atoms with Crippen LogP contribution < -0.4 is 27.4 Å². The van der Waals surface area contributed by atoms with Gasteiger partial charge in [0.05, 0.1) is 26.4 Å². The van der Waals surface area contributed by atoms with Crippen LogP contribution in [0.4, 0.5) is 0 Å². The van der Waals surface area contributed by atoms with Gasteiger partial charge in [0.2, 0.25) is 0 Å². The zero-order chi connectivity index (χ0) is 39.8. The topological polar surface area (TPSA) is 120 Å². The van der Waals surface area contributed by atoms with Crippen molar-refractivity contribution in [1.29, 1.82) is 0 Å². The first-order valence-electron chi connectivity index (χ1n) is 22.4. The van der Waals surface area contributed by atoms with Crippen LogP contribution in [0.25, 0.3) is 0 Å². The van der Waals surface area contributed by atoms with E-state index in [-0.39, 0.29) is 23.0 Å². The molecule has 0 amide bonds. The predicted molar refractivity (Wildman–Crippen MR) is 231 cm³/mol. The number of ether oxygens (including phenoxy) is 2. The number of nitrogens with one attached hydrogen (secondary N) is 3. The van der Waals surface area contributed by atoms with Gasteiger partial charge in [0.15, 0.2) is 0 Å². The molecular weight excluding hydrogens is 675 g/mol. The maximum atomic E-state index is 6.83. The lowest BCUT2D eigenvalue weighted by Crippen LogP contribution is -2.48. The molecule has 11 nitrogen and oxygen atoms in total. The molecule has 2 fully saturated rings. The van der Waals surface area contributed by atoms with Crippen molar-refractivity contribution in [2.75, 3.05) is 138 Å². The summed E-state index contributed by atoms with van der Waals surface area (Å²) in [7, 11) is 2.01. The van der Waals surface area contributed by atoms with Crippen LogP contribution in [-0.2, 0) is 9.47 Å². The van der Waals surface area contributed by atoms with E-state index in [1.54, 1.807) is 0 Å². The summed E-state index contributed by atoms with van der Waals surface area (Å²) in [4.78, 5) is 10.3. The SMILES string of the molecule is CCN(CCNC)CC(N)COCC(CCCC(C)CN1CCNCC1)(CCCC(N)CN1CCNCC1)COCC(C)CN(CCC(C)C)C(C)(C)C. The highest BCUT2D eigenvalue weighted by atomic mass is 16.5. The number of rotatable bonds is 31. The van der Waals surface area contributed by atoms with Gasteiger partial charge in [0, 0.05) is 115 Å². The zero-order valence-corrected chi connectivity index (χ0v) is 37.2. The minimum atomic E-state index is -0.0547. The van der Waals surface area contributed by atoms with E-state index in [0.29, 0.717) is 31.0 Å². The third-order valence-electron chi connectivity index (χ3n) is 11.8. The molecule has 11 heteroatoms. The maximum Gasteiger partial charge on any atom is 0.0630 e. The molecule has 0 saturated carbocycles. The van der Waals surface area contributed by atoms with E-state index < -0.39 is 0 Å². The van der Waals surface area contributed by atoms with Crippen LogP contribution in [0.3, 0.4) is 0 Å². The van der Waals surface area contributed by atoms with Crippen molar-refractivity contribution in [3.05, 3.63) is 0 Å². The van der Waals surface area contributed by atoms with Crippen molar-refractivity contribution < 1.29 is 9.47 Å². The molecule has 322 valence electrons. The third kappa shape index (κ3) is 22.5. The van der Waals surface area contributed by atoms with Crippen molar-refractivity contribution in [3.8, 4) is 0 Å². The predicted octanol–water partition coefficient (Wildman–Crippen LogP) is 3.77. The lowest BCUT2D eigenvalue weighted by Gasteiger charge is -2.39. The number of nitrogens with two attached hydrogens (primary N) is 2. The monoisotopic (exact) mass is 768 g/mol. The fourth-order valence-corrected chi connectivity index (χ4v) is 8.24. The van der Waals surface area contributed by atoms with Crippen LogP contribution >= 0.6 is 0 Å². The van der Waals surface area contributed by atoms with Gasteiger partial charge in [-0.25, -0.2) is 0 Å². The number of likely N-dealkylation sites (N-methyl/N-ethyl adjacent to an activating group) is 2. The summed E-state index contributed by atoms with van der Waals surface area (Å²) in [5, 5.41) is 10.3. The Hall–Kier alpha value is -0.440. The molecule has 2 rings (SSSR count). The molecular formula is C43H93N9O2. The zero-order valence-electron chi connectivity index (χ0n) is 37.2. The molecule has 0 aromatic carbocycles. The average Bonchev–Trinajstić information content (AvgIpc) is 3.12. The van der Waals surface area contributed by atoms with Crippen LogP contribution in [0.1, 0.15) is 100 Å². The number of piperazine rings is 2. The van der Waals surface area contributed by atoms with E-state index in [0.717, 1.165) is 137 Å². The summed E-state index contributed by atoms with van der Waals surface area (Å²) in [5.74, 6) is 1.83. The summed E-state index contributed by atoms with van der Waals surface area (Å²) >= 11 is 0. The molecule has 0 aromatic heterocycles. The maximum absolute atomic E-state index is 6.83. The van der Waals surface area contributed by atoms with E-state index >= 15 is 0 Å². The molecule has 2 aliphatic heterocycles. The molecule has 2 saturated heterocycles. The minimum Gasteiger partial charge on any atom is -0.380 e. The van der Waals surface area contributed by atoms with Gasteiger partial charge in [-0.2, -0.15) is 0 Å². The molecule has 0 aromatic rings. The summed E-state index contributed by atoms with van der Waals surface area (Å²) in [6, 6.07) is 0.183. The summed E-state index contributed by atoms with van der Waals surface area (Å²) in [6.07, 6.45) is 7.97. The van der Waals surface area contributed by atoms with Crippen LogP contribution in [0, 0.1) is 23.2 Å². The molecule has 54 heavy (non-hydrogen) atoms. The van der Waals surface area contributed by atoms with Gasteiger partial charge < -0.3 is 46.7 Å². The number of nitrogens with zero attached hydrogens (tertiary/aromatic N) is 4. The van der Waals surface area contributed by atoms with Gasteiger partial charge in [-0.1, -0.05) is 47.5 Å². The highest BCUT2D eigenvalue weighted by Crippen LogP contribution is 2.34. The Balaban J connectivity index is 2.15. The van der Waals surface area contributed by atoms with Gasteiger partial charge in [0.25, 0.3) is 0 Å². The molecule has 5 unspecified atom stereocenters. The summed E-state index contributed by atoms with van der Waals surface area (Å²) in [6.45, 7) is 38.6. The molecule has 0 aliphatic carbocycles. The lowest BCUT2D eigenvalue weighted by molar-refractivity contribution is -0.0484. The first-order valence-corrected chi connectivity index (χ1v) is 22.4. The van der Waals surface area contributed by atoms with Crippen molar-refractivity contribution >= 4 is 0 Å². The highest BCUT2D eigenvalue weighted by Gasteiger charge is 2.32. The smallest absolute Gasteiger partial charge is 0.0630 e. The van der Waals surface area contributed by atoms with Crippen molar-refractivity contribution in [2.45, 2.75) is 118 Å². The second kappa shape index (κ2) is 28.1. The first kappa shape index (κ1) is 49.7. The quantitative estimate of drug-likeness (QED) is 0.0710. The largest absolute Gasteiger partial charge is 0.380 e. The Morgan fingerprint density at radius 2 is 1.30 bits per heavy atom.